The Morgan fingerprint density at radius 1 is 1.36 bits per heavy atom. The summed E-state index contributed by atoms with van der Waals surface area (Å²) in [6.45, 7) is 6.91. The maximum Gasteiger partial charge on any atom is 0.229 e. The molecule has 1 aromatic heterocycles. The molecule has 1 aliphatic carbocycles. The maximum absolute atomic E-state index is 12.5. The highest BCUT2D eigenvalue weighted by molar-refractivity contribution is 7.16. The average molecular weight is 397 g/mol. The van der Waals surface area contributed by atoms with E-state index in [1.54, 1.807) is 18.4 Å². The van der Waals surface area contributed by atoms with Crippen molar-refractivity contribution < 1.29 is 9.53 Å². The number of methoxy groups -OCH3 is 1. The summed E-state index contributed by atoms with van der Waals surface area (Å²) in [5, 5.41) is 13.4. The number of hydrogen-bond acceptors (Lipinski definition) is 4. The minimum Gasteiger partial charge on any atom is -0.497 e. The standard InChI is InChI=1S/C23H28N2O2S/c1-5-23(2,3)16-8-11-18-19(14-24)22(28-20(18)13-16)25-21(26)12-15-6-9-17(27-4)10-7-15/h6-7,9-10,16H,5,8,11-13H2,1-4H3,(H,25,26). The van der Waals surface area contributed by atoms with Crippen LogP contribution in [0.15, 0.2) is 24.3 Å². The summed E-state index contributed by atoms with van der Waals surface area (Å²) in [4.78, 5) is 13.8. The van der Waals surface area contributed by atoms with Crippen molar-refractivity contribution in [2.45, 2.75) is 52.9 Å². The Morgan fingerprint density at radius 3 is 2.68 bits per heavy atom. The molecule has 0 saturated carbocycles. The van der Waals surface area contributed by atoms with Crippen molar-refractivity contribution in [3.8, 4) is 11.8 Å². The molecule has 0 spiro atoms. The van der Waals surface area contributed by atoms with Crippen LogP contribution >= 0.6 is 11.3 Å². The van der Waals surface area contributed by atoms with E-state index in [0.29, 0.717) is 21.9 Å². The Kier molecular flexibility index (Phi) is 6.10. The largest absolute Gasteiger partial charge is 0.497 e. The minimum atomic E-state index is -0.0919. The van der Waals surface area contributed by atoms with Crippen LogP contribution in [0.5, 0.6) is 5.75 Å². The van der Waals surface area contributed by atoms with Gasteiger partial charge in [-0.15, -0.1) is 11.3 Å². The number of nitriles is 1. The second-order valence-electron chi connectivity index (χ2n) is 8.17. The zero-order valence-electron chi connectivity index (χ0n) is 17.1. The van der Waals surface area contributed by atoms with E-state index >= 15 is 0 Å². The predicted octanol–water partition coefficient (Wildman–Crippen LogP) is 5.35. The van der Waals surface area contributed by atoms with Gasteiger partial charge in [-0.25, -0.2) is 0 Å². The number of benzene rings is 1. The van der Waals surface area contributed by atoms with E-state index in [0.717, 1.165) is 42.6 Å². The molecular formula is C23H28N2O2S. The van der Waals surface area contributed by atoms with Crippen LogP contribution in [0.2, 0.25) is 0 Å². The molecule has 5 heteroatoms. The van der Waals surface area contributed by atoms with Gasteiger partial charge in [0.15, 0.2) is 0 Å². The molecule has 28 heavy (non-hydrogen) atoms. The number of ether oxygens (including phenoxy) is 1. The molecule has 1 unspecified atom stereocenters. The monoisotopic (exact) mass is 396 g/mol. The highest BCUT2D eigenvalue weighted by Crippen LogP contribution is 2.45. The van der Waals surface area contributed by atoms with Crippen molar-refractivity contribution in [3.63, 3.8) is 0 Å². The van der Waals surface area contributed by atoms with E-state index in [2.05, 4.69) is 32.2 Å². The first-order valence-corrected chi connectivity index (χ1v) is 10.7. The Balaban J connectivity index is 1.74. The molecule has 0 bridgehead atoms. The molecule has 1 atom stereocenters. The molecule has 4 nitrogen and oxygen atoms in total. The third-order valence-corrected chi connectivity index (χ3v) is 7.34. The van der Waals surface area contributed by atoms with Crippen molar-refractivity contribution in [1.29, 1.82) is 5.26 Å². The SMILES string of the molecule is CCC(C)(C)C1CCc2c(sc(NC(=O)Cc3ccc(OC)cc3)c2C#N)C1. The summed E-state index contributed by atoms with van der Waals surface area (Å²) in [5.74, 6) is 1.30. The molecule has 148 valence electrons. The number of nitrogens with zero attached hydrogens (tertiary/aromatic N) is 1. The van der Waals surface area contributed by atoms with Gasteiger partial charge >= 0.3 is 0 Å². The van der Waals surface area contributed by atoms with E-state index in [1.807, 2.05) is 24.3 Å². The highest BCUT2D eigenvalue weighted by atomic mass is 32.1. The van der Waals surface area contributed by atoms with E-state index in [9.17, 15) is 10.1 Å². The normalized spacial score (nSPS) is 16.2. The van der Waals surface area contributed by atoms with E-state index in [-0.39, 0.29) is 12.3 Å². The Morgan fingerprint density at radius 2 is 2.07 bits per heavy atom. The van der Waals surface area contributed by atoms with Crippen molar-refractivity contribution in [3.05, 3.63) is 45.8 Å². The van der Waals surface area contributed by atoms with Crippen LogP contribution in [0, 0.1) is 22.7 Å². The van der Waals surface area contributed by atoms with E-state index in [1.165, 1.54) is 4.88 Å². The van der Waals surface area contributed by atoms with Crippen LogP contribution in [0.1, 0.15) is 55.2 Å². The van der Waals surface area contributed by atoms with Gasteiger partial charge in [-0.1, -0.05) is 39.3 Å². The summed E-state index contributed by atoms with van der Waals surface area (Å²) in [5.41, 5.74) is 3.03. The van der Waals surface area contributed by atoms with E-state index in [4.69, 9.17) is 4.74 Å². The maximum atomic E-state index is 12.5. The minimum absolute atomic E-state index is 0.0919. The Hall–Kier alpha value is -2.32. The fourth-order valence-electron chi connectivity index (χ4n) is 3.85. The molecule has 0 aliphatic heterocycles. The van der Waals surface area contributed by atoms with Gasteiger partial charge in [0.25, 0.3) is 0 Å². The zero-order valence-corrected chi connectivity index (χ0v) is 17.9. The van der Waals surface area contributed by atoms with Crippen molar-refractivity contribution in [1.82, 2.24) is 0 Å². The quantitative estimate of drug-likeness (QED) is 0.716. The number of amides is 1. The topological polar surface area (TPSA) is 62.1 Å². The molecule has 1 aromatic carbocycles. The van der Waals surface area contributed by atoms with Gasteiger partial charge in [0, 0.05) is 4.88 Å². The molecule has 1 heterocycles. The number of thiophene rings is 1. The summed E-state index contributed by atoms with van der Waals surface area (Å²) in [6.07, 6.45) is 4.47. The number of carbonyl (C=O) groups excluding carboxylic acids is 1. The van der Waals surface area contributed by atoms with E-state index < -0.39 is 0 Å². The lowest BCUT2D eigenvalue weighted by atomic mass is 9.69. The summed E-state index contributed by atoms with van der Waals surface area (Å²) >= 11 is 1.59. The van der Waals surface area contributed by atoms with Gasteiger partial charge < -0.3 is 10.1 Å². The molecule has 0 radical (unpaired) electrons. The highest BCUT2D eigenvalue weighted by Gasteiger charge is 2.34. The van der Waals surface area contributed by atoms with Crippen LogP contribution in [0.25, 0.3) is 0 Å². The first-order valence-electron chi connectivity index (χ1n) is 9.85. The first-order chi connectivity index (χ1) is 13.4. The number of carbonyl (C=O) groups is 1. The lowest BCUT2D eigenvalue weighted by Crippen LogP contribution is -2.28. The number of hydrogen-bond donors (Lipinski definition) is 1. The van der Waals surface area contributed by atoms with Gasteiger partial charge in [0.1, 0.15) is 16.8 Å². The molecule has 0 fully saturated rings. The second-order valence-corrected chi connectivity index (χ2v) is 9.28. The number of rotatable bonds is 6. The number of nitrogens with one attached hydrogen (secondary N) is 1. The number of anilines is 1. The lowest BCUT2D eigenvalue weighted by Gasteiger charge is -2.36. The second kappa shape index (κ2) is 8.36. The predicted molar refractivity (Wildman–Crippen MR) is 114 cm³/mol. The fraction of sp³-hybridized carbons (Fsp3) is 0.478. The first kappa shape index (κ1) is 20.4. The molecular weight excluding hydrogens is 368 g/mol. The summed E-state index contributed by atoms with van der Waals surface area (Å²) in [6, 6.07) is 9.81. The molecule has 1 aliphatic rings. The third kappa shape index (κ3) is 4.23. The Bertz CT molecular complexity index is 891. The smallest absolute Gasteiger partial charge is 0.229 e. The van der Waals surface area contributed by atoms with Gasteiger partial charge in [-0.3, -0.25) is 4.79 Å². The van der Waals surface area contributed by atoms with Crippen LogP contribution in [0.3, 0.4) is 0 Å². The molecule has 1 amide bonds. The van der Waals surface area contributed by atoms with Crippen LogP contribution in [-0.2, 0) is 24.1 Å². The number of fused-ring (bicyclic) bond motifs is 1. The summed E-state index contributed by atoms with van der Waals surface area (Å²) < 4.78 is 5.15. The Labute approximate surface area is 171 Å². The molecule has 3 rings (SSSR count). The zero-order chi connectivity index (χ0) is 20.3. The van der Waals surface area contributed by atoms with Crippen LogP contribution < -0.4 is 10.1 Å². The average Bonchev–Trinajstić information content (AvgIpc) is 3.04. The lowest BCUT2D eigenvalue weighted by molar-refractivity contribution is -0.115. The third-order valence-electron chi connectivity index (χ3n) is 6.17. The molecule has 0 saturated heterocycles. The molecule has 1 N–H and O–H groups in total. The molecule has 2 aromatic rings. The van der Waals surface area contributed by atoms with Gasteiger partial charge in [0.2, 0.25) is 5.91 Å². The fourth-order valence-corrected chi connectivity index (χ4v) is 5.14. The summed E-state index contributed by atoms with van der Waals surface area (Å²) in [7, 11) is 1.62. The van der Waals surface area contributed by atoms with Gasteiger partial charge in [0.05, 0.1) is 19.1 Å². The van der Waals surface area contributed by atoms with Crippen molar-refractivity contribution in [2.75, 3.05) is 12.4 Å². The van der Waals surface area contributed by atoms with Crippen molar-refractivity contribution in [2.24, 2.45) is 11.3 Å². The van der Waals surface area contributed by atoms with Crippen LogP contribution in [-0.4, -0.2) is 13.0 Å². The van der Waals surface area contributed by atoms with Gasteiger partial charge in [-0.05, 0) is 53.9 Å². The van der Waals surface area contributed by atoms with Crippen molar-refractivity contribution >= 4 is 22.2 Å². The van der Waals surface area contributed by atoms with Crippen LogP contribution in [0.4, 0.5) is 5.00 Å². The van der Waals surface area contributed by atoms with Gasteiger partial charge in [-0.2, -0.15) is 5.26 Å².